The van der Waals surface area contributed by atoms with Gasteiger partial charge in [-0.1, -0.05) is 99.2 Å². The number of hydrogen-bond donors (Lipinski definition) is 1. The second-order valence-electron chi connectivity index (χ2n) is 13.5. The standard InChI is InChI=1S/C36H40N4/c1-23-24(2)40(22-39(23)9)28-12-10-11-27(19-28)36(33-17-18-37-38-33)31-20-25(34(3,4)5)13-15-29(31)30-16-14-26(21-32(30)36)35(6,7)8/h10-21H,1-9H3,(H,37,38)/q+2. The number of nitrogens with one attached hydrogen (secondary N) is 1. The third kappa shape index (κ3) is 3.78. The SMILES string of the molecule is CC1=C(C)[N+](c2cccc(C3(c4ccn[nH]4)c4cc(C(C)(C)C)ccc4-c4ccc(C(C)(C)C)cc43)c2)=C=[N+]1C. The van der Waals surface area contributed by atoms with E-state index < -0.39 is 5.41 Å². The third-order valence-electron chi connectivity index (χ3n) is 8.92. The minimum absolute atomic E-state index is 0.0193. The summed E-state index contributed by atoms with van der Waals surface area (Å²) in [6.07, 6.45) is 1.88. The second-order valence-corrected chi connectivity index (χ2v) is 13.5. The summed E-state index contributed by atoms with van der Waals surface area (Å²) < 4.78 is 4.24. The number of benzene rings is 3. The summed E-state index contributed by atoms with van der Waals surface area (Å²) in [7, 11) is 2.06. The fraction of sp³-hybridized carbons (Fsp3) is 0.333. The lowest BCUT2D eigenvalue weighted by Gasteiger charge is -2.33. The van der Waals surface area contributed by atoms with E-state index in [2.05, 4.69) is 155 Å². The molecule has 1 aromatic heterocycles. The zero-order valence-electron chi connectivity index (χ0n) is 25.3. The van der Waals surface area contributed by atoms with Crippen molar-refractivity contribution >= 4 is 11.7 Å². The van der Waals surface area contributed by atoms with Crippen LogP contribution in [0.15, 0.2) is 84.3 Å². The molecule has 2 heterocycles. The highest BCUT2D eigenvalue weighted by Gasteiger charge is 2.48. The van der Waals surface area contributed by atoms with Crippen LogP contribution in [0.5, 0.6) is 0 Å². The quantitative estimate of drug-likeness (QED) is 0.236. The maximum atomic E-state index is 4.50. The molecule has 202 valence electrons. The smallest absolute Gasteiger partial charge is 0.281 e. The molecule has 0 saturated carbocycles. The number of aromatic nitrogens is 2. The van der Waals surface area contributed by atoms with Gasteiger partial charge in [-0.25, -0.2) is 0 Å². The molecule has 0 spiro atoms. The third-order valence-corrected chi connectivity index (χ3v) is 8.92. The maximum absolute atomic E-state index is 4.50. The van der Waals surface area contributed by atoms with Crippen LogP contribution in [0.1, 0.15) is 88.9 Å². The molecular weight excluding hydrogens is 488 g/mol. The average Bonchev–Trinajstić information content (AvgIpc) is 3.60. The molecule has 6 rings (SSSR count). The molecule has 3 aromatic carbocycles. The van der Waals surface area contributed by atoms with Gasteiger partial charge in [-0.05, 0) is 55.8 Å². The molecule has 0 amide bonds. The summed E-state index contributed by atoms with van der Waals surface area (Å²) in [5.41, 5.74) is 13.1. The first-order chi connectivity index (χ1) is 18.8. The predicted octanol–water partition coefficient (Wildman–Crippen LogP) is 8.09. The van der Waals surface area contributed by atoms with E-state index in [4.69, 9.17) is 0 Å². The molecule has 1 aliphatic heterocycles. The molecule has 0 unspecified atom stereocenters. The molecule has 4 nitrogen and oxygen atoms in total. The topological polar surface area (TPSA) is 34.7 Å². The van der Waals surface area contributed by atoms with Crippen LogP contribution in [0.25, 0.3) is 11.1 Å². The minimum Gasteiger partial charge on any atom is -0.281 e. The van der Waals surface area contributed by atoms with Gasteiger partial charge in [-0.15, -0.1) is 0 Å². The van der Waals surface area contributed by atoms with Crippen LogP contribution in [-0.4, -0.2) is 32.4 Å². The zero-order valence-corrected chi connectivity index (χ0v) is 25.3. The van der Waals surface area contributed by atoms with E-state index in [1.54, 1.807) is 0 Å². The monoisotopic (exact) mass is 528 g/mol. The highest BCUT2D eigenvalue weighted by atomic mass is 15.2. The first-order valence-corrected chi connectivity index (χ1v) is 14.2. The summed E-state index contributed by atoms with van der Waals surface area (Å²) in [5.74, 6) is 0. The Morgan fingerprint density at radius 3 is 1.82 bits per heavy atom. The average molecular weight is 529 g/mol. The van der Waals surface area contributed by atoms with E-state index >= 15 is 0 Å². The first-order valence-electron chi connectivity index (χ1n) is 14.2. The van der Waals surface area contributed by atoms with Crippen molar-refractivity contribution in [3.8, 4) is 11.1 Å². The van der Waals surface area contributed by atoms with Gasteiger partial charge in [0.1, 0.15) is 0 Å². The maximum Gasteiger partial charge on any atom is 0.495 e. The van der Waals surface area contributed by atoms with Crippen LogP contribution in [-0.2, 0) is 16.2 Å². The van der Waals surface area contributed by atoms with Crippen molar-refractivity contribution in [1.29, 1.82) is 0 Å². The van der Waals surface area contributed by atoms with Crippen LogP contribution in [0.3, 0.4) is 0 Å². The highest BCUT2D eigenvalue weighted by molar-refractivity contribution is 5.86. The second kappa shape index (κ2) is 8.74. The fourth-order valence-electron chi connectivity index (χ4n) is 6.31. The zero-order chi connectivity index (χ0) is 28.6. The highest BCUT2D eigenvalue weighted by Crippen LogP contribution is 2.57. The number of hydrogen-bond acceptors (Lipinski definition) is 1. The Bertz CT molecular complexity index is 1700. The lowest BCUT2D eigenvalue weighted by molar-refractivity contribution is -0.445. The Labute approximate surface area is 238 Å². The summed E-state index contributed by atoms with van der Waals surface area (Å²) in [4.78, 5) is 0. The van der Waals surface area contributed by atoms with Gasteiger partial charge < -0.3 is 0 Å². The van der Waals surface area contributed by atoms with Crippen molar-refractivity contribution in [2.75, 3.05) is 7.05 Å². The van der Waals surface area contributed by atoms with Gasteiger partial charge in [0.2, 0.25) is 5.69 Å². The minimum atomic E-state index is -0.544. The first kappa shape index (κ1) is 26.2. The van der Waals surface area contributed by atoms with Gasteiger partial charge in [0.15, 0.2) is 7.05 Å². The van der Waals surface area contributed by atoms with E-state index in [0.29, 0.717) is 0 Å². The van der Waals surface area contributed by atoms with Crippen molar-refractivity contribution in [3.05, 3.63) is 118 Å². The summed E-state index contributed by atoms with van der Waals surface area (Å²) in [5, 5.41) is 7.93. The summed E-state index contributed by atoms with van der Waals surface area (Å²) >= 11 is 0. The summed E-state index contributed by atoms with van der Waals surface area (Å²) in [6.45, 7) is 18.1. The van der Waals surface area contributed by atoms with Gasteiger partial charge in [0.05, 0.1) is 11.1 Å². The Hall–Kier alpha value is -4.01. The van der Waals surface area contributed by atoms with Crippen molar-refractivity contribution in [2.45, 2.75) is 71.6 Å². The van der Waals surface area contributed by atoms with Gasteiger partial charge in [0.25, 0.3) is 11.4 Å². The number of fused-ring (bicyclic) bond motifs is 3. The van der Waals surface area contributed by atoms with E-state index in [-0.39, 0.29) is 10.8 Å². The van der Waals surface area contributed by atoms with Crippen LogP contribution in [0.4, 0.5) is 5.69 Å². The van der Waals surface area contributed by atoms with Crippen molar-refractivity contribution in [1.82, 2.24) is 10.2 Å². The molecule has 0 saturated heterocycles. The molecule has 1 aliphatic carbocycles. The number of rotatable bonds is 3. The van der Waals surface area contributed by atoms with E-state index in [9.17, 15) is 0 Å². The number of aromatic amines is 1. The fourth-order valence-corrected chi connectivity index (χ4v) is 6.31. The molecular formula is C36H40N4+2. The molecule has 0 bridgehead atoms. The van der Waals surface area contributed by atoms with Gasteiger partial charge >= 0.3 is 6.01 Å². The van der Waals surface area contributed by atoms with Crippen LogP contribution in [0.2, 0.25) is 0 Å². The van der Waals surface area contributed by atoms with Crippen molar-refractivity contribution < 1.29 is 9.15 Å². The van der Waals surface area contributed by atoms with Crippen LogP contribution in [0, 0.1) is 0 Å². The molecule has 2 aliphatic rings. The normalized spacial score (nSPS) is 16.1. The van der Waals surface area contributed by atoms with Gasteiger partial charge in [-0.2, -0.15) is 5.10 Å². The van der Waals surface area contributed by atoms with Crippen molar-refractivity contribution in [3.63, 3.8) is 0 Å². The Balaban J connectivity index is 1.74. The number of allylic oxidation sites excluding steroid dienone is 2. The summed E-state index contributed by atoms with van der Waals surface area (Å²) in [6, 6.07) is 28.8. The Morgan fingerprint density at radius 2 is 1.35 bits per heavy atom. The van der Waals surface area contributed by atoms with Gasteiger partial charge in [-0.3, -0.25) is 5.10 Å². The molecule has 0 radical (unpaired) electrons. The number of H-pyrrole nitrogens is 1. The molecule has 4 heteroatoms. The largest absolute Gasteiger partial charge is 0.495 e. The molecule has 0 atom stereocenters. The molecule has 4 aromatic rings. The van der Waals surface area contributed by atoms with E-state index in [1.165, 1.54) is 50.3 Å². The molecule has 0 fully saturated rings. The Morgan fingerprint density at radius 1 is 0.750 bits per heavy atom. The van der Waals surface area contributed by atoms with Crippen molar-refractivity contribution in [2.24, 2.45) is 0 Å². The lowest BCUT2D eigenvalue weighted by Crippen LogP contribution is -2.30. The van der Waals surface area contributed by atoms with Gasteiger partial charge in [0, 0.05) is 32.2 Å². The Kier molecular flexibility index (Phi) is 5.73. The van der Waals surface area contributed by atoms with E-state index in [0.717, 1.165) is 11.4 Å². The lowest BCUT2D eigenvalue weighted by atomic mass is 9.68. The molecule has 40 heavy (non-hydrogen) atoms. The van der Waals surface area contributed by atoms with E-state index in [1.807, 2.05) is 6.20 Å². The van der Waals surface area contributed by atoms with Crippen LogP contribution < -0.4 is 0 Å². The number of nitrogens with zero attached hydrogens (tertiary/aromatic N) is 3. The van der Waals surface area contributed by atoms with Crippen LogP contribution >= 0.6 is 0 Å². The predicted molar refractivity (Wildman–Crippen MR) is 163 cm³/mol. The molecule has 1 N–H and O–H groups in total.